The van der Waals surface area contributed by atoms with Crippen LogP contribution in [0.4, 0.5) is 0 Å². The van der Waals surface area contributed by atoms with Crippen molar-refractivity contribution in [2.24, 2.45) is 0 Å². The molecule has 0 aliphatic heterocycles. The summed E-state index contributed by atoms with van der Waals surface area (Å²) in [6.07, 6.45) is 0. The Kier molecular flexibility index (Phi) is 3.47. The lowest BCUT2D eigenvalue weighted by molar-refractivity contribution is 0.826. The Labute approximate surface area is 139 Å². The van der Waals surface area contributed by atoms with Crippen molar-refractivity contribution in [2.45, 2.75) is 6.92 Å². The van der Waals surface area contributed by atoms with E-state index in [-0.39, 0.29) is 5.56 Å². The van der Waals surface area contributed by atoms with Gasteiger partial charge in [0.2, 0.25) is 0 Å². The van der Waals surface area contributed by atoms with E-state index in [2.05, 4.69) is 13.0 Å². The van der Waals surface area contributed by atoms with E-state index in [4.69, 9.17) is 5.10 Å². The molecular weight excluding hydrogens is 296 g/mol. The van der Waals surface area contributed by atoms with Crippen LogP contribution in [0.5, 0.6) is 0 Å². The Balaban J connectivity index is 2.12. The highest BCUT2D eigenvalue weighted by Crippen LogP contribution is 2.27. The summed E-state index contributed by atoms with van der Waals surface area (Å²) < 4.78 is 1.49. The number of aryl methyl sites for hydroxylation is 1. The summed E-state index contributed by atoms with van der Waals surface area (Å²) in [6.45, 7) is 2.06. The molecule has 24 heavy (non-hydrogen) atoms. The van der Waals surface area contributed by atoms with Gasteiger partial charge in [-0.2, -0.15) is 9.78 Å². The highest BCUT2D eigenvalue weighted by atomic mass is 16.1. The number of para-hydroxylation sites is 1. The van der Waals surface area contributed by atoms with Crippen LogP contribution in [0.15, 0.2) is 83.7 Å². The maximum Gasteiger partial charge on any atom is 0.279 e. The fraction of sp³-hybridized carbons (Fsp3) is 0.0476. The second kappa shape index (κ2) is 5.78. The molecule has 0 atom stereocenters. The number of rotatable bonds is 2. The molecule has 4 rings (SSSR count). The Hall–Kier alpha value is -3.20. The Bertz CT molecular complexity index is 1080. The first-order valence-corrected chi connectivity index (χ1v) is 7.89. The van der Waals surface area contributed by atoms with Crippen LogP contribution < -0.4 is 5.56 Å². The Morgan fingerprint density at radius 3 is 2.12 bits per heavy atom. The molecule has 4 aromatic rings. The van der Waals surface area contributed by atoms with Gasteiger partial charge in [0.25, 0.3) is 5.56 Å². The van der Waals surface area contributed by atoms with E-state index >= 15 is 0 Å². The summed E-state index contributed by atoms with van der Waals surface area (Å²) >= 11 is 0. The number of nitrogens with zero attached hydrogens (tertiary/aromatic N) is 2. The van der Waals surface area contributed by atoms with Crippen molar-refractivity contribution in [3.63, 3.8) is 0 Å². The van der Waals surface area contributed by atoms with Gasteiger partial charge in [0.1, 0.15) is 0 Å². The molecule has 0 aliphatic rings. The van der Waals surface area contributed by atoms with Gasteiger partial charge in [-0.3, -0.25) is 4.79 Å². The van der Waals surface area contributed by atoms with E-state index in [0.29, 0.717) is 5.39 Å². The molecule has 1 heterocycles. The number of aromatic nitrogens is 2. The third-order valence-electron chi connectivity index (χ3n) is 4.21. The zero-order valence-corrected chi connectivity index (χ0v) is 13.3. The number of benzene rings is 3. The molecule has 0 radical (unpaired) electrons. The lowest BCUT2D eigenvalue weighted by Crippen LogP contribution is -2.22. The van der Waals surface area contributed by atoms with Gasteiger partial charge in [0, 0.05) is 10.9 Å². The second-order valence-corrected chi connectivity index (χ2v) is 5.76. The lowest BCUT2D eigenvalue weighted by Gasteiger charge is -2.12. The molecule has 0 aliphatic carbocycles. The monoisotopic (exact) mass is 312 g/mol. The number of fused-ring (bicyclic) bond motifs is 1. The van der Waals surface area contributed by atoms with Crippen molar-refractivity contribution in [1.82, 2.24) is 9.78 Å². The van der Waals surface area contributed by atoms with Crippen LogP contribution in [0, 0.1) is 6.92 Å². The highest BCUT2D eigenvalue weighted by molar-refractivity contribution is 5.94. The van der Waals surface area contributed by atoms with Gasteiger partial charge in [0.15, 0.2) is 0 Å². The standard InChI is InChI=1S/C21H16N2O/c1-15-9-5-6-12-17(15)20-18-13-7-8-14-19(18)21(24)23(22-20)16-10-3-2-4-11-16/h2-14H,1H3. The third kappa shape index (κ3) is 2.31. The zero-order valence-electron chi connectivity index (χ0n) is 13.3. The molecular formula is C21H16N2O. The Morgan fingerprint density at radius 1 is 0.750 bits per heavy atom. The zero-order chi connectivity index (χ0) is 16.5. The van der Waals surface area contributed by atoms with Crippen LogP contribution in [0.2, 0.25) is 0 Å². The average Bonchev–Trinajstić information content (AvgIpc) is 2.64. The topological polar surface area (TPSA) is 34.9 Å². The molecule has 0 fully saturated rings. The van der Waals surface area contributed by atoms with E-state index < -0.39 is 0 Å². The first kappa shape index (κ1) is 14.4. The minimum absolute atomic E-state index is 0.103. The summed E-state index contributed by atoms with van der Waals surface area (Å²) in [5.74, 6) is 0. The van der Waals surface area contributed by atoms with Gasteiger partial charge in [-0.15, -0.1) is 0 Å². The van der Waals surface area contributed by atoms with Gasteiger partial charge in [-0.05, 0) is 30.7 Å². The normalized spacial score (nSPS) is 10.9. The largest absolute Gasteiger partial charge is 0.279 e. The number of hydrogen-bond donors (Lipinski definition) is 0. The molecule has 0 N–H and O–H groups in total. The van der Waals surface area contributed by atoms with E-state index in [0.717, 1.165) is 27.9 Å². The number of hydrogen-bond acceptors (Lipinski definition) is 2. The third-order valence-corrected chi connectivity index (χ3v) is 4.21. The molecule has 0 unspecified atom stereocenters. The van der Waals surface area contributed by atoms with Crippen molar-refractivity contribution >= 4 is 10.8 Å². The van der Waals surface area contributed by atoms with E-state index in [1.54, 1.807) is 0 Å². The predicted molar refractivity (Wildman–Crippen MR) is 97.5 cm³/mol. The maximum atomic E-state index is 12.9. The molecule has 0 bridgehead atoms. The van der Waals surface area contributed by atoms with E-state index in [1.165, 1.54) is 4.68 Å². The maximum absolute atomic E-state index is 12.9. The van der Waals surface area contributed by atoms with Gasteiger partial charge in [-0.1, -0.05) is 60.7 Å². The summed E-state index contributed by atoms with van der Waals surface area (Å²) in [5, 5.41) is 6.26. The fourth-order valence-electron chi connectivity index (χ4n) is 2.97. The SMILES string of the molecule is Cc1ccccc1-c1nn(-c2ccccc2)c(=O)c2ccccc12. The molecule has 1 aromatic heterocycles. The van der Waals surface area contributed by atoms with Gasteiger partial charge >= 0.3 is 0 Å². The van der Waals surface area contributed by atoms with Crippen LogP contribution in [-0.4, -0.2) is 9.78 Å². The molecule has 0 spiro atoms. The molecule has 0 amide bonds. The molecule has 3 aromatic carbocycles. The minimum atomic E-state index is -0.103. The minimum Gasteiger partial charge on any atom is -0.267 e. The van der Waals surface area contributed by atoms with Crippen molar-refractivity contribution in [2.75, 3.05) is 0 Å². The summed E-state index contributed by atoms with van der Waals surface area (Å²) in [6, 6.07) is 25.3. The van der Waals surface area contributed by atoms with Crippen molar-refractivity contribution in [3.8, 4) is 16.9 Å². The van der Waals surface area contributed by atoms with Crippen LogP contribution in [0.3, 0.4) is 0 Å². The van der Waals surface area contributed by atoms with Crippen LogP contribution in [-0.2, 0) is 0 Å². The predicted octanol–water partition coefficient (Wildman–Crippen LogP) is 4.36. The van der Waals surface area contributed by atoms with Crippen LogP contribution in [0.25, 0.3) is 27.7 Å². The molecule has 116 valence electrons. The van der Waals surface area contributed by atoms with Crippen molar-refractivity contribution < 1.29 is 0 Å². The van der Waals surface area contributed by atoms with E-state index in [1.807, 2.05) is 72.8 Å². The van der Waals surface area contributed by atoms with E-state index in [9.17, 15) is 4.79 Å². The smallest absolute Gasteiger partial charge is 0.267 e. The van der Waals surface area contributed by atoms with Crippen molar-refractivity contribution in [1.29, 1.82) is 0 Å². The van der Waals surface area contributed by atoms with Gasteiger partial charge in [-0.25, -0.2) is 0 Å². The molecule has 0 saturated heterocycles. The van der Waals surface area contributed by atoms with Gasteiger partial charge in [0.05, 0.1) is 16.8 Å². The second-order valence-electron chi connectivity index (χ2n) is 5.76. The first-order valence-electron chi connectivity index (χ1n) is 7.89. The Morgan fingerprint density at radius 2 is 1.38 bits per heavy atom. The molecule has 3 heteroatoms. The molecule has 3 nitrogen and oxygen atoms in total. The summed E-state index contributed by atoms with van der Waals surface area (Å²) in [5.41, 5.74) is 3.66. The van der Waals surface area contributed by atoms with Crippen LogP contribution in [0.1, 0.15) is 5.56 Å². The molecule has 0 saturated carbocycles. The van der Waals surface area contributed by atoms with Crippen molar-refractivity contribution in [3.05, 3.63) is 94.8 Å². The highest BCUT2D eigenvalue weighted by Gasteiger charge is 2.14. The fourth-order valence-corrected chi connectivity index (χ4v) is 2.97. The van der Waals surface area contributed by atoms with Crippen LogP contribution >= 0.6 is 0 Å². The lowest BCUT2D eigenvalue weighted by atomic mass is 10.0. The quantitative estimate of drug-likeness (QED) is 0.551. The van der Waals surface area contributed by atoms with Gasteiger partial charge < -0.3 is 0 Å². The summed E-state index contributed by atoms with van der Waals surface area (Å²) in [4.78, 5) is 12.9. The first-order chi connectivity index (χ1) is 11.8. The summed E-state index contributed by atoms with van der Waals surface area (Å²) in [7, 11) is 0. The average molecular weight is 312 g/mol.